The van der Waals surface area contributed by atoms with Crippen LogP contribution in [-0.2, 0) is 28.5 Å². The Morgan fingerprint density at radius 3 is 1.87 bits per heavy atom. The van der Waals surface area contributed by atoms with Crippen LogP contribution >= 0.6 is 0 Å². The predicted molar refractivity (Wildman–Crippen MR) is 182 cm³/mol. The van der Waals surface area contributed by atoms with Crippen LogP contribution in [-0.4, -0.2) is 202 Å². The molecule has 3 aliphatic heterocycles. The lowest BCUT2D eigenvalue weighted by Crippen LogP contribution is -2.64. The summed E-state index contributed by atoms with van der Waals surface area (Å²) in [5.41, 5.74) is 0. The van der Waals surface area contributed by atoms with Crippen LogP contribution in [0.1, 0.15) is 57.8 Å². The largest absolute Gasteiger partial charge is 0.460 e. The van der Waals surface area contributed by atoms with Crippen LogP contribution in [0, 0.1) is 17.8 Å². The SMILES string of the molecule is O=C(C=CC1CCC(O)C(O)C1)OC[C@H]1O[C@@H](OC2CC(O)CC3[OH+]C(C4CCC(O)C(O)C4)C(O[C@@H]4O[C@H](CO)[C@@H](O)[C@H](O)[C@H]4O)CC23)[C@H](O)[C@@H](O)[C@@H]1O. The molecule has 3 saturated carbocycles. The fraction of sp³-hybridized carbons (Fsp3) is 0.917. The zero-order chi connectivity index (χ0) is 39.7. The molecule has 3 heterocycles. The summed E-state index contributed by atoms with van der Waals surface area (Å²) >= 11 is 0. The average Bonchev–Trinajstić information content (AvgIpc) is 3.16. The topological polar surface area (TPSA) is 319 Å². The number of aliphatic hydroxyl groups is 14. The molecule has 0 amide bonds. The molecular formula is C36H59O19+. The molecule has 0 spiro atoms. The molecular weight excluding hydrogens is 736 g/mol. The van der Waals surface area contributed by atoms with Crippen molar-refractivity contribution in [3.05, 3.63) is 12.2 Å². The summed E-state index contributed by atoms with van der Waals surface area (Å²) in [6.07, 6.45) is -18.0. The summed E-state index contributed by atoms with van der Waals surface area (Å²) in [6, 6.07) is 0. The summed E-state index contributed by atoms with van der Waals surface area (Å²) in [7, 11) is 0. The van der Waals surface area contributed by atoms with Crippen molar-refractivity contribution in [1.29, 1.82) is 0 Å². The van der Waals surface area contributed by atoms with Crippen molar-refractivity contribution in [3.63, 3.8) is 0 Å². The van der Waals surface area contributed by atoms with Crippen LogP contribution in [0.2, 0.25) is 0 Å². The van der Waals surface area contributed by atoms with E-state index in [1.807, 2.05) is 0 Å². The molecule has 19 nitrogen and oxygen atoms in total. The van der Waals surface area contributed by atoms with E-state index in [4.69, 9.17) is 28.4 Å². The number of carbonyl (C=O) groups is 1. The lowest BCUT2D eigenvalue weighted by atomic mass is 9.72. The number of rotatable bonds is 10. The number of carbonyl (C=O) groups excluding carboxylic acids is 1. The molecule has 0 aromatic carbocycles. The summed E-state index contributed by atoms with van der Waals surface area (Å²) < 4.78 is 34.4. The second kappa shape index (κ2) is 18.6. The highest BCUT2D eigenvalue weighted by atomic mass is 16.7. The third-order valence-electron chi connectivity index (χ3n) is 12.4. The third-order valence-corrected chi connectivity index (χ3v) is 12.4. The zero-order valence-corrected chi connectivity index (χ0v) is 30.4. The standard InChI is InChI=1S/C36H58O19/c37-12-25-28(44)30(46)32(48)36(54-25)53-24-11-17-22(51-34(24)15-3-5-19(40)21(42)8-15)9-16(38)10-23(17)52-35-33(49)31(47)29(45)26(55-35)13-50-27(43)6-2-14-1-4-18(39)20(41)7-14/h2,6,14-26,28-42,44-49H,1,3-5,7-13H2/p+1/t14?,15?,16?,17?,18?,19?,20?,21?,22?,23?,24?,25-,26-,28-,29-,30+,31+,32-,33-,34?,35-,36-/m1/s1. The van der Waals surface area contributed by atoms with E-state index in [0.29, 0.717) is 25.7 Å². The van der Waals surface area contributed by atoms with Crippen LogP contribution in [0.15, 0.2) is 12.2 Å². The van der Waals surface area contributed by atoms with E-state index in [1.54, 1.807) is 6.08 Å². The van der Waals surface area contributed by atoms with Gasteiger partial charge in [-0.15, -0.1) is 0 Å². The van der Waals surface area contributed by atoms with E-state index < -0.39 is 141 Å². The maximum absolute atomic E-state index is 12.5. The van der Waals surface area contributed by atoms with Crippen molar-refractivity contribution >= 4 is 5.97 Å². The molecule has 12 unspecified atom stereocenters. The highest BCUT2D eigenvalue weighted by molar-refractivity contribution is 5.81. The Labute approximate surface area is 317 Å². The Morgan fingerprint density at radius 1 is 0.636 bits per heavy atom. The Bertz CT molecular complexity index is 1270. The fourth-order valence-corrected chi connectivity index (χ4v) is 9.09. The van der Waals surface area contributed by atoms with Gasteiger partial charge in [0.15, 0.2) is 24.8 Å². The van der Waals surface area contributed by atoms with E-state index in [2.05, 4.69) is 0 Å². The number of allylic oxidation sites excluding steroid dienone is 1. The minimum absolute atomic E-state index is 0.0466. The van der Waals surface area contributed by atoms with Crippen molar-refractivity contribution in [2.24, 2.45) is 17.8 Å². The highest BCUT2D eigenvalue weighted by Gasteiger charge is 2.56. The molecule has 6 fully saturated rings. The normalized spacial score (nSPS) is 51.1. The van der Waals surface area contributed by atoms with Gasteiger partial charge in [0.25, 0.3) is 0 Å². The Hall–Kier alpha value is -1.47. The summed E-state index contributed by atoms with van der Waals surface area (Å²) in [5, 5.41) is 125. The van der Waals surface area contributed by atoms with Gasteiger partial charge in [-0.05, 0) is 50.9 Å². The quantitative estimate of drug-likeness (QED) is 0.0559. The molecule has 55 heavy (non-hydrogen) atoms. The van der Waals surface area contributed by atoms with E-state index >= 15 is 0 Å². The van der Waals surface area contributed by atoms with Gasteiger partial charge in [0.2, 0.25) is 0 Å². The van der Waals surface area contributed by atoms with E-state index in [-0.39, 0.29) is 43.9 Å². The molecule has 6 aliphatic rings. The van der Waals surface area contributed by atoms with Crippen molar-refractivity contribution in [3.8, 4) is 0 Å². The predicted octanol–water partition coefficient (Wildman–Crippen LogP) is -5.05. The summed E-state index contributed by atoms with van der Waals surface area (Å²) in [4.78, 5) is 12.5. The van der Waals surface area contributed by atoms with Gasteiger partial charge in [-0.2, -0.15) is 0 Å². The first kappa shape index (κ1) is 43.1. The Morgan fingerprint density at radius 2 is 1.24 bits per heavy atom. The van der Waals surface area contributed by atoms with E-state index in [0.717, 1.165) is 0 Å². The van der Waals surface area contributed by atoms with Gasteiger partial charge in [0.05, 0.1) is 49.1 Å². The van der Waals surface area contributed by atoms with Gasteiger partial charge in [-0.3, -0.25) is 0 Å². The molecule has 0 aromatic rings. The molecule has 13 N–H and O–H groups in total. The van der Waals surface area contributed by atoms with Gasteiger partial charge < -0.3 is 89.7 Å². The van der Waals surface area contributed by atoms with Crippen LogP contribution in [0.3, 0.4) is 0 Å². The summed E-state index contributed by atoms with van der Waals surface area (Å²) in [6.45, 7) is -1.19. The number of fused-ring (bicyclic) bond motifs is 1. The number of hydrogen-bond donors (Lipinski definition) is 12. The smallest absolute Gasteiger partial charge is 0.330 e. The number of esters is 1. The molecule has 0 aromatic heterocycles. The summed E-state index contributed by atoms with van der Waals surface area (Å²) in [5.74, 6) is -1.75. The van der Waals surface area contributed by atoms with Gasteiger partial charge in [0, 0.05) is 24.8 Å². The molecule has 22 atom stereocenters. The minimum atomic E-state index is -1.77. The van der Waals surface area contributed by atoms with E-state index in [9.17, 15) is 66.1 Å². The van der Waals surface area contributed by atoms with E-state index in [1.165, 1.54) is 6.08 Å². The fourth-order valence-electron chi connectivity index (χ4n) is 9.09. The first-order valence-electron chi connectivity index (χ1n) is 19.4. The molecule has 19 heteroatoms. The van der Waals surface area contributed by atoms with Crippen molar-refractivity contribution in [1.82, 2.24) is 0 Å². The number of aliphatic hydroxyl groups excluding tert-OH is 12. The molecule has 0 radical (unpaired) electrons. The first-order chi connectivity index (χ1) is 26.1. The molecule has 0 bridgehead atoms. The van der Waals surface area contributed by atoms with Crippen molar-refractivity contribution < 1.29 is 94.5 Å². The van der Waals surface area contributed by atoms with Gasteiger partial charge >= 0.3 is 5.97 Å². The maximum Gasteiger partial charge on any atom is 0.330 e. The van der Waals surface area contributed by atoms with Crippen LogP contribution in [0.5, 0.6) is 0 Å². The second-order valence-electron chi connectivity index (χ2n) is 16.2. The average molecular weight is 796 g/mol. The molecule has 3 saturated heterocycles. The van der Waals surface area contributed by atoms with Crippen LogP contribution in [0.4, 0.5) is 0 Å². The Kier molecular flexibility index (Phi) is 14.6. The van der Waals surface area contributed by atoms with Gasteiger partial charge in [-0.25, -0.2) is 4.79 Å². The third kappa shape index (κ3) is 9.88. The number of ether oxygens (including phenoxy) is 6. The molecule has 316 valence electrons. The zero-order valence-electron chi connectivity index (χ0n) is 30.4. The first-order valence-corrected chi connectivity index (χ1v) is 19.4. The van der Waals surface area contributed by atoms with Crippen molar-refractivity contribution in [2.45, 2.75) is 174 Å². The number of hydrogen-bond acceptors (Lipinski definition) is 18. The minimum Gasteiger partial charge on any atom is -0.460 e. The van der Waals surface area contributed by atoms with Gasteiger partial charge in [-0.1, -0.05) is 6.08 Å². The van der Waals surface area contributed by atoms with Crippen molar-refractivity contribution in [2.75, 3.05) is 13.2 Å². The maximum atomic E-state index is 12.5. The van der Waals surface area contributed by atoms with Crippen LogP contribution < -0.4 is 0 Å². The lowest BCUT2D eigenvalue weighted by Gasteiger charge is -2.50. The monoisotopic (exact) mass is 795 g/mol. The van der Waals surface area contributed by atoms with Crippen LogP contribution in [0.25, 0.3) is 0 Å². The highest BCUT2D eigenvalue weighted by Crippen LogP contribution is 2.44. The second-order valence-corrected chi connectivity index (χ2v) is 16.2. The lowest BCUT2D eigenvalue weighted by molar-refractivity contribution is -0.367. The Balaban J connectivity index is 1.14. The van der Waals surface area contributed by atoms with Gasteiger partial charge in [0.1, 0.15) is 61.5 Å². The molecule has 6 rings (SSSR count). The molecule has 3 aliphatic carbocycles.